The molecule has 1 N–H and O–H groups in total. The Morgan fingerprint density at radius 1 is 1.40 bits per heavy atom. The molecule has 3 rings (SSSR count). The number of rotatable bonds is 5. The van der Waals surface area contributed by atoms with Crippen LogP contribution in [0.3, 0.4) is 0 Å². The quantitative estimate of drug-likeness (QED) is 0.889. The van der Waals surface area contributed by atoms with Gasteiger partial charge in [0.1, 0.15) is 0 Å². The first-order valence-electron chi connectivity index (χ1n) is 8.86. The molecular weight excluding hydrogens is 336 g/mol. The Kier molecular flexibility index (Phi) is 5.76. The van der Waals surface area contributed by atoms with Gasteiger partial charge in [0, 0.05) is 25.3 Å². The highest BCUT2D eigenvalue weighted by Gasteiger charge is 2.20. The summed E-state index contributed by atoms with van der Waals surface area (Å²) in [5, 5.41) is 8.01. The normalized spacial score (nSPS) is 19.6. The van der Waals surface area contributed by atoms with Gasteiger partial charge in [-0.1, -0.05) is 30.7 Å². The third-order valence-corrected chi connectivity index (χ3v) is 4.89. The number of likely N-dealkylation sites (tertiary alicyclic amines) is 1. The van der Waals surface area contributed by atoms with Crippen molar-refractivity contribution in [3.63, 3.8) is 0 Å². The second-order valence-corrected chi connectivity index (χ2v) is 7.39. The molecule has 0 spiro atoms. The van der Waals surface area contributed by atoms with E-state index in [1.54, 1.807) is 23.0 Å². The number of benzene rings is 1. The zero-order chi connectivity index (χ0) is 17.8. The maximum atomic E-state index is 12.5. The van der Waals surface area contributed by atoms with Gasteiger partial charge < -0.3 is 10.2 Å². The number of aromatic nitrogens is 2. The lowest BCUT2D eigenvalue weighted by molar-refractivity contribution is 0.0914. The molecule has 0 radical (unpaired) electrons. The third kappa shape index (κ3) is 4.61. The van der Waals surface area contributed by atoms with Gasteiger partial charge in [-0.15, -0.1) is 0 Å². The van der Waals surface area contributed by atoms with Gasteiger partial charge >= 0.3 is 0 Å². The van der Waals surface area contributed by atoms with Gasteiger partial charge in [-0.05, 0) is 50.4 Å². The van der Waals surface area contributed by atoms with Crippen LogP contribution in [0.4, 0.5) is 0 Å². The summed E-state index contributed by atoms with van der Waals surface area (Å²) >= 11 is 6.19. The van der Waals surface area contributed by atoms with E-state index in [0.29, 0.717) is 10.7 Å². The Bertz CT molecular complexity index is 730. The van der Waals surface area contributed by atoms with E-state index in [4.69, 9.17) is 11.6 Å². The minimum atomic E-state index is -0.150. The van der Waals surface area contributed by atoms with Crippen LogP contribution in [0, 0.1) is 5.92 Å². The molecule has 1 aliphatic heterocycles. The summed E-state index contributed by atoms with van der Waals surface area (Å²) in [6.45, 7) is 7.44. The van der Waals surface area contributed by atoms with Gasteiger partial charge in [0.2, 0.25) is 0 Å². The highest BCUT2D eigenvalue weighted by molar-refractivity contribution is 6.32. The summed E-state index contributed by atoms with van der Waals surface area (Å²) in [5.74, 6) is 0.589. The molecule has 2 atom stereocenters. The van der Waals surface area contributed by atoms with Crippen molar-refractivity contribution in [3.05, 3.63) is 47.2 Å². The van der Waals surface area contributed by atoms with Gasteiger partial charge in [0.05, 0.1) is 10.7 Å². The standard InChI is InChI=1S/C19H25ClN4O/c1-14-6-5-10-23(12-14)13-15(2)21-19(25)17-9-11-24(22-17)18-8-4-3-7-16(18)20/h3-4,7-9,11,14-15H,5-6,10,12-13H2,1-2H3,(H,21,25). The molecule has 6 heteroatoms. The second-order valence-electron chi connectivity index (χ2n) is 6.98. The second kappa shape index (κ2) is 8.02. The molecule has 2 unspecified atom stereocenters. The van der Waals surface area contributed by atoms with Crippen LogP contribution in [0.15, 0.2) is 36.5 Å². The first-order chi connectivity index (χ1) is 12.0. The average molecular weight is 361 g/mol. The highest BCUT2D eigenvalue weighted by Crippen LogP contribution is 2.19. The van der Waals surface area contributed by atoms with E-state index in [1.807, 2.05) is 25.1 Å². The molecule has 134 valence electrons. The van der Waals surface area contributed by atoms with Crippen LogP contribution in [0.5, 0.6) is 0 Å². The SMILES string of the molecule is CC1CCCN(CC(C)NC(=O)c2ccn(-c3ccccc3Cl)n2)C1. The number of piperidine rings is 1. The van der Waals surface area contributed by atoms with Crippen LogP contribution in [0.1, 0.15) is 37.2 Å². The number of hydrogen-bond donors (Lipinski definition) is 1. The summed E-state index contributed by atoms with van der Waals surface area (Å²) in [7, 11) is 0. The molecule has 0 aliphatic carbocycles. The number of carbonyl (C=O) groups is 1. The van der Waals surface area contributed by atoms with Crippen LogP contribution in [0.25, 0.3) is 5.69 Å². The van der Waals surface area contributed by atoms with Crippen molar-refractivity contribution in [2.45, 2.75) is 32.7 Å². The summed E-state index contributed by atoms with van der Waals surface area (Å²) < 4.78 is 1.63. The van der Waals surface area contributed by atoms with Gasteiger partial charge in [-0.25, -0.2) is 4.68 Å². The number of nitrogens with zero attached hydrogens (tertiary/aromatic N) is 3. The molecule has 1 aromatic carbocycles. The monoisotopic (exact) mass is 360 g/mol. The number of amides is 1. The fraction of sp³-hybridized carbons (Fsp3) is 0.474. The predicted octanol–water partition coefficient (Wildman–Crippen LogP) is 3.38. The zero-order valence-corrected chi connectivity index (χ0v) is 15.5. The molecule has 0 saturated carbocycles. The molecular formula is C19H25ClN4O. The Balaban J connectivity index is 1.59. The van der Waals surface area contributed by atoms with Gasteiger partial charge in [-0.2, -0.15) is 5.10 Å². The van der Waals surface area contributed by atoms with Crippen molar-refractivity contribution in [1.82, 2.24) is 20.0 Å². The van der Waals surface area contributed by atoms with Crippen molar-refractivity contribution in [2.75, 3.05) is 19.6 Å². The first-order valence-corrected chi connectivity index (χ1v) is 9.24. The summed E-state index contributed by atoms with van der Waals surface area (Å²) in [5.41, 5.74) is 1.16. The van der Waals surface area contributed by atoms with Gasteiger partial charge in [-0.3, -0.25) is 4.79 Å². The smallest absolute Gasteiger partial charge is 0.272 e. The van der Waals surface area contributed by atoms with E-state index in [2.05, 4.69) is 22.2 Å². The lowest BCUT2D eigenvalue weighted by atomic mass is 10.00. The van der Waals surface area contributed by atoms with Crippen molar-refractivity contribution in [2.24, 2.45) is 5.92 Å². The lowest BCUT2D eigenvalue weighted by Crippen LogP contribution is -2.45. The van der Waals surface area contributed by atoms with Crippen molar-refractivity contribution in [3.8, 4) is 5.69 Å². The topological polar surface area (TPSA) is 50.2 Å². The fourth-order valence-electron chi connectivity index (χ4n) is 3.40. The van der Waals surface area contributed by atoms with E-state index >= 15 is 0 Å². The molecule has 0 bridgehead atoms. The van der Waals surface area contributed by atoms with E-state index in [0.717, 1.165) is 31.2 Å². The predicted molar refractivity (Wildman–Crippen MR) is 100 cm³/mol. The maximum absolute atomic E-state index is 12.5. The molecule has 1 aliphatic rings. The molecule has 1 fully saturated rings. The maximum Gasteiger partial charge on any atom is 0.272 e. The molecule has 1 amide bonds. The molecule has 2 heterocycles. The Labute approximate surface area is 154 Å². The summed E-state index contributed by atoms with van der Waals surface area (Å²) in [6, 6.07) is 9.24. The minimum absolute atomic E-state index is 0.0864. The van der Waals surface area contributed by atoms with Crippen molar-refractivity contribution in [1.29, 1.82) is 0 Å². The van der Waals surface area contributed by atoms with Gasteiger partial charge in [0.25, 0.3) is 5.91 Å². The molecule has 25 heavy (non-hydrogen) atoms. The lowest BCUT2D eigenvalue weighted by Gasteiger charge is -2.32. The Hall–Kier alpha value is -1.85. The third-order valence-electron chi connectivity index (χ3n) is 4.57. The highest BCUT2D eigenvalue weighted by atomic mass is 35.5. The average Bonchev–Trinajstić information content (AvgIpc) is 3.05. The number of nitrogens with one attached hydrogen (secondary N) is 1. The van der Waals surface area contributed by atoms with E-state index < -0.39 is 0 Å². The van der Waals surface area contributed by atoms with Crippen LogP contribution >= 0.6 is 11.6 Å². The molecule has 1 saturated heterocycles. The number of para-hydroxylation sites is 1. The minimum Gasteiger partial charge on any atom is -0.347 e. The van der Waals surface area contributed by atoms with Gasteiger partial charge in [0.15, 0.2) is 5.69 Å². The van der Waals surface area contributed by atoms with Crippen LogP contribution in [0.2, 0.25) is 5.02 Å². The Morgan fingerprint density at radius 3 is 2.96 bits per heavy atom. The van der Waals surface area contributed by atoms with Crippen molar-refractivity contribution >= 4 is 17.5 Å². The molecule has 2 aromatic rings. The molecule has 1 aromatic heterocycles. The summed E-state index contributed by atoms with van der Waals surface area (Å²) in [6.07, 6.45) is 4.30. The number of carbonyl (C=O) groups excluding carboxylic acids is 1. The van der Waals surface area contributed by atoms with E-state index in [1.165, 1.54) is 12.8 Å². The fourth-order valence-corrected chi connectivity index (χ4v) is 3.62. The Morgan fingerprint density at radius 2 is 2.20 bits per heavy atom. The van der Waals surface area contributed by atoms with Crippen LogP contribution in [-0.2, 0) is 0 Å². The summed E-state index contributed by atoms with van der Waals surface area (Å²) in [4.78, 5) is 14.9. The first kappa shape index (κ1) is 18.0. The molecule has 5 nitrogen and oxygen atoms in total. The zero-order valence-electron chi connectivity index (χ0n) is 14.8. The van der Waals surface area contributed by atoms with Crippen LogP contribution in [-0.4, -0.2) is 46.3 Å². The van der Waals surface area contributed by atoms with E-state index in [-0.39, 0.29) is 11.9 Å². The largest absolute Gasteiger partial charge is 0.347 e. The number of hydrogen-bond acceptors (Lipinski definition) is 3. The van der Waals surface area contributed by atoms with E-state index in [9.17, 15) is 4.79 Å². The van der Waals surface area contributed by atoms with Crippen LogP contribution < -0.4 is 5.32 Å². The number of halogens is 1. The van der Waals surface area contributed by atoms with Crippen molar-refractivity contribution < 1.29 is 4.79 Å².